The molecule has 0 nitrogen and oxygen atoms in total. The Kier molecular flexibility index (Phi) is 728. The van der Waals surface area contributed by atoms with Gasteiger partial charge in [0.1, 0.15) is 0 Å². The second-order valence-corrected chi connectivity index (χ2v) is 0. The normalized spacial score (nSPS) is 0. The molecule has 0 unspecified atom stereocenters. The first-order chi connectivity index (χ1) is 0. The summed E-state index contributed by atoms with van der Waals surface area (Å²) in [4.78, 5) is 0. The Balaban J connectivity index is 0. The average Bonchev–Trinajstić information content (AvgIpc) is 0. The van der Waals surface area contributed by atoms with Gasteiger partial charge in [0.25, 0.3) is 0 Å². The van der Waals surface area contributed by atoms with Crippen LogP contribution in [0, 0.1) is 0 Å². The molecule has 0 fully saturated rings. The zero-order valence-electron chi connectivity index (χ0n) is 3.17. The summed E-state index contributed by atoms with van der Waals surface area (Å²) in [6.07, 6.45) is 0. The molecule has 0 aliphatic rings. The molecular weight excluding hydrogens is 512 g/mol. The van der Waals surface area contributed by atoms with Crippen molar-refractivity contribution in [1.29, 1.82) is 0 Å². The topological polar surface area (TPSA) is 0 Å². The van der Waals surface area contributed by atoms with Crippen molar-refractivity contribution < 1.29 is 83.9 Å². The fraction of sp³-hybridized carbons (Fsp3) is 0. The quantitative estimate of drug-likeness (QED) is 0.360. The van der Waals surface area contributed by atoms with E-state index >= 15 is 0 Å². The van der Waals surface area contributed by atoms with Crippen molar-refractivity contribution in [2.75, 3.05) is 0 Å². The van der Waals surface area contributed by atoms with E-state index in [0.717, 1.165) is 0 Å². The molecule has 0 aromatic heterocycles. The minimum Gasteiger partial charge on any atom is 0 e. The molecule has 17 radical (unpaired) electrons. The van der Waals surface area contributed by atoms with E-state index in [2.05, 4.69) is 0 Å². The smallest absolute Gasteiger partial charge is 0 e. The summed E-state index contributed by atoms with van der Waals surface area (Å²) in [5, 5.41) is 0. The first-order valence-corrected chi connectivity index (χ1v) is 0. The second kappa shape index (κ2) is 66.6. The van der Waals surface area contributed by atoms with Crippen molar-refractivity contribution in [1.82, 2.24) is 0 Å². The number of hydrogen-bond donors (Lipinski definition) is 0. The van der Waals surface area contributed by atoms with Gasteiger partial charge in [-0.05, 0) is 0 Å². The van der Waals surface area contributed by atoms with E-state index in [1.165, 1.54) is 0 Å². The molecular formula is Co5Ge3. The number of rotatable bonds is 0. The van der Waals surface area contributed by atoms with Crippen molar-refractivity contribution in [3.63, 3.8) is 0 Å². The maximum absolute atomic E-state index is 0. The van der Waals surface area contributed by atoms with Gasteiger partial charge in [-0.1, -0.05) is 0 Å². The van der Waals surface area contributed by atoms with Gasteiger partial charge >= 0.3 is 0 Å². The van der Waals surface area contributed by atoms with Crippen LogP contribution in [-0.2, 0) is 83.9 Å². The van der Waals surface area contributed by atoms with Crippen LogP contribution in [0.3, 0.4) is 0 Å². The molecule has 0 saturated carbocycles. The third-order valence-corrected chi connectivity index (χ3v) is 0. The molecule has 0 atom stereocenters. The molecule has 0 bridgehead atoms. The summed E-state index contributed by atoms with van der Waals surface area (Å²) in [6, 6.07) is 0. The van der Waals surface area contributed by atoms with E-state index in [0.29, 0.717) is 0 Å². The molecule has 0 N–H and O–H groups in total. The van der Waals surface area contributed by atoms with E-state index in [4.69, 9.17) is 0 Å². The van der Waals surface area contributed by atoms with Gasteiger partial charge in [0.15, 0.2) is 0 Å². The molecule has 0 aromatic rings. The van der Waals surface area contributed by atoms with Crippen molar-refractivity contribution in [2.24, 2.45) is 0 Å². The summed E-state index contributed by atoms with van der Waals surface area (Å²) in [7, 11) is 0. The van der Waals surface area contributed by atoms with E-state index in [-0.39, 0.29) is 137 Å². The van der Waals surface area contributed by atoms with Crippen LogP contribution in [0.5, 0.6) is 0 Å². The van der Waals surface area contributed by atoms with Crippen LogP contribution in [0.2, 0.25) is 0 Å². The third-order valence-electron chi connectivity index (χ3n) is 0. The summed E-state index contributed by atoms with van der Waals surface area (Å²) in [5.74, 6) is 0. The SMILES string of the molecule is [Co].[Co].[Co].[Co].[Co].[Ge].[Ge].[Ge]. The molecule has 0 amide bonds. The number of hydrogen-bond acceptors (Lipinski definition) is 0. The van der Waals surface area contributed by atoms with Gasteiger partial charge in [-0.2, -0.15) is 0 Å². The van der Waals surface area contributed by atoms with Gasteiger partial charge in [-0.3, -0.25) is 0 Å². The predicted molar refractivity (Wildman–Crippen MR) is 17.3 cm³/mol. The predicted octanol–water partition coefficient (Wildman–Crippen LogP) is -1.15. The zero-order valence-corrected chi connectivity index (χ0v) is 14.7. The summed E-state index contributed by atoms with van der Waals surface area (Å²) in [5.41, 5.74) is 0. The Morgan fingerprint density at radius 2 is 0.250 bits per heavy atom. The first kappa shape index (κ1) is 87.5. The molecule has 0 aromatic carbocycles. The average molecular weight is 512 g/mol. The maximum Gasteiger partial charge on any atom is 0 e. The van der Waals surface area contributed by atoms with Crippen LogP contribution in [-0.4, -0.2) is 52.8 Å². The van der Waals surface area contributed by atoms with Crippen molar-refractivity contribution >= 4 is 52.8 Å². The van der Waals surface area contributed by atoms with Crippen molar-refractivity contribution in [3.8, 4) is 0 Å². The molecule has 0 aliphatic carbocycles. The van der Waals surface area contributed by atoms with E-state index in [9.17, 15) is 0 Å². The fourth-order valence-electron chi connectivity index (χ4n) is 0. The summed E-state index contributed by atoms with van der Waals surface area (Å²) >= 11 is 0. The summed E-state index contributed by atoms with van der Waals surface area (Å²) in [6.45, 7) is 0. The minimum absolute atomic E-state index is 0. The Bertz CT molecular complexity index is 7.64. The fourth-order valence-corrected chi connectivity index (χ4v) is 0. The van der Waals surface area contributed by atoms with Gasteiger partial charge in [-0.25, -0.2) is 0 Å². The van der Waals surface area contributed by atoms with Crippen LogP contribution in [0.15, 0.2) is 0 Å². The third kappa shape index (κ3) is 49.3. The summed E-state index contributed by atoms with van der Waals surface area (Å²) < 4.78 is 0. The van der Waals surface area contributed by atoms with Crippen molar-refractivity contribution in [2.45, 2.75) is 0 Å². The minimum atomic E-state index is 0. The Hall–Kier alpha value is 4.16. The van der Waals surface area contributed by atoms with Gasteiger partial charge < -0.3 is 0 Å². The Morgan fingerprint density at radius 1 is 0.250 bits per heavy atom. The molecule has 8 heavy (non-hydrogen) atoms. The molecule has 0 saturated heterocycles. The molecule has 0 spiro atoms. The van der Waals surface area contributed by atoms with Crippen LogP contribution < -0.4 is 0 Å². The molecule has 57 valence electrons. The van der Waals surface area contributed by atoms with E-state index in [1.807, 2.05) is 0 Å². The van der Waals surface area contributed by atoms with Gasteiger partial charge in [-0.15, -0.1) is 0 Å². The molecule has 8 heteroatoms. The van der Waals surface area contributed by atoms with Gasteiger partial charge in [0.05, 0.1) is 0 Å². The Labute approximate surface area is 134 Å². The van der Waals surface area contributed by atoms with Crippen LogP contribution >= 0.6 is 0 Å². The monoisotopic (exact) mass is 516 g/mol. The maximum atomic E-state index is 0. The Morgan fingerprint density at radius 3 is 0.250 bits per heavy atom. The molecule has 0 rings (SSSR count). The molecule has 0 heterocycles. The zero-order chi connectivity index (χ0) is 0. The van der Waals surface area contributed by atoms with Gasteiger partial charge in [0.2, 0.25) is 0 Å². The second-order valence-electron chi connectivity index (χ2n) is 0. The van der Waals surface area contributed by atoms with E-state index in [1.54, 1.807) is 0 Å². The van der Waals surface area contributed by atoms with E-state index < -0.39 is 0 Å². The van der Waals surface area contributed by atoms with Crippen LogP contribution in [0.4, 0.5) is 0 Å². The largest absolute Gasteiger partial charge is 0 e. The van der Waals surface area contributed by atoms with Gasteiger partial charge in [0, 0.05) is 137 Å². The van der Waals surface area contributed by atoms with Crippen molar-refractivity contribution in [3.05, 3.63) is 0 Å². The van der Waals surface area contributed by atoms with Crippen LogP contribution in [0.25, 0.3) is 0 Å². The van der Waals surface area contributed by atoms with Crippen LogP contribution in [0.1, 0.15) is 0 Å². The first-order valence-electron chi connectivity index (χ1n) is 0. The molecule has 0 aliphatic heterocycles. The standard InChI is InChI=1S/5Co.3Ge.